The van der Waals surface area contributed by atoms with Gasteiger partial charge in [0, 0.05) is 17.2 Å². The van der Waals surface area contributed by atoms with Gasteiger partial charge < -0.3 is 5.53 Å². The summed E-state index contributed by atoms with van der Waals surface area (Å²) in [5.74, 6) is -0.487. The van der Waals surface area contributed by atoms with Crippen LogP contribution >= 0.6 is 0 Å². The number of fused-ring (bicyclic) bond motifs is 1. The first-order valence-corrected chi connectivity index (χ1v) is 5.55. The number of rotatable bonds is 1. The molecule has 2 rings (SSSR count). The summed E-state index contributed by atoms with van der Waals surface area (Å²) < 4.78 is 21.9. The highest BCUT2D eigenvalue weighted by atomic mass is 32.2. The van der Waals surface area contributed by atoms with Gasteiger partial charge in [-0.2, -0.15) is 4.79 Å². The fourth-order valence-electron chi connectivity index (χ4n) is 1.54. The van der Waals surface area contributed by atoms with Crippen molar-refractivity contribution in [2.75, 3.05) is 0 Å². The average molecular weight is 234 g/mol. The van der Waals surface area contributed by atoms with E-state index in [0.717, 1.165) is 0 Å². The molecule has 80 valence electrons. The van der Waals surface area contributed by atoms with Crippen molar-refractivity contribution in [1.82, 2.24) is 0 Å². The molecule has 0 aliphatic heterocycles. The minimum Gasteiger partial charge on any atom is -0.361 e. The molecule has 5 nitrogen and oxygen atoms in total. The van der Waals surface area contributed by atoms with E-state index in [1.165, 1.54) is 30.4 Å². The summed E-state index contributed by atoms with van der Waals surface area (Å²) >= 11 is 0. The van der Waals surface area contributed by atoms with E-state index in [-0.39, 0.29) is 16.2 Å². The Labute approximate surface area is 92.6 Å². The highest BCUT2D eigenvalue weighted by Crippen LogP contribution is 2.22. The van der Waals surface area contributed by atoms with Crippen LogP contribution in [0.3, 0.4) is 0 Å². The van der Waals surface area contributed by atoms with Crippen molar-refractivity contribution in [2.45, 2.75) is 4.90 Å². The quantitative estimate of drug-likeness (QED) is 0.437. The Morgan fingerprint density at radius 3 is 2.56 bits per heavy atom. The third-order valence-corrected chi connectivity index (χ3v) is 3.06. The monoisotopic (exact) mass is 234 g/mol. The molecule has 0 saturated carbocycles. The molecule has 0 radical (unpaired) electrons. The van der Waals surface area contributed by atoms with E-state index >= 15 is 0 Å². The van der Waals surface area contributed by atoms with Gasteiger partial charge in [0.2, 0.25) is 0 Å². The van der Waals surface area contributed by atoms with Crippen molar-refractivity contribution in [3.05, 3.63) is 40.9 Å². The van der Waals surface area contributed by atoms with Crippen molar-refractivity contribution in [2.24, 2.45) is 0 Å². The number of carbonyl (C=O) groups excluding carboxylic acids is 1. The van der Waals surface area contributed by atoms with E-state index in [9.17, 15) is 13.2 Å². The van der Waals surface area contributed by atoms with Gasteiger partial charge >= 0.3 is 5.71 Å². The highest BCUT2D eigenvalue weighted by Gasteiger charge is 2.27. The van der Waals surface area contributed by atoms with Crippen LogP contribution in [0.15, 0.2) is 29.2 Å². The van der Waals surface area contributed by atoms with Gasteiger partial charge in [-0.15, -0.1) is 0 Å². The van der Waals surface area contributed by atoms with Crippen LogP contribution in [0.1, 0.15) is 15.9 Å². The summed E-state index contributed by atoms with van der Waals surface area (Å²) in [4.78, 5) is 14.6. The molecule has 1 aromatic carbocycles. The third-order valence-electron chi connectivity index (χ3n) is 2.27. The molecule has 0 fully saturated rings. The fourth-order valence-corrected chi connectivity index (χ4v) is 2.14. The van der Waals surface area contributed by atoms with Gasteiger partial charge in [0.05, 0.1) is 4.90 Å². The van der Waals surface area contributed by atoms with Crippen LogP contribution in [-0.2, 0) is 10.7 Å². The van der Waals surface area contributed by atoms with Crippen molar-refractivity contribution >= 4 is 28.3 Å². The molecule has 0 atom stereocenters. The van der Waals surface area contributed by atoms with Gasteiger partial charge in [0.1, 0.15) is 0 Å². The van der Waals surface area contributed by atoms with Gasteiger partial charge in [-0.1, -0.05) is 12.1 Å². The molecule has 6 heteroatoms. The van der Waals surface area contributed by atoms with Crippen LogP contribution in [0.25, 0.3) is 11.6 Å². The Balaban J connectivity index is 2.78. The van der Waals surface area contributed by atoms with Crippen LogP contribution < -0.4 is 0 Å². The molecule has 0 saturated heterocycles. The molecule has 1 aliphatic rings. The van der Waals surface area contributed by atoms with Gasteiger partial charge in [-0.05, 0) is 12.1 Å². The first-order valence-electron chi connectivity index (χ1n) is 4.37. The maximum Gasteiger partial charge on any atom is 0.362 e. The van der Waals surface area contributed by atoms with Crippen LogP contribution in [0.2, 0.25) is 0 Å². The van der Waals surface area contributed by atoms with E-state index in [1.807, 2.05) is 0 Å². The topological polar surface area (TPSA) is 87.6 Å². The first kappa shape index (κ1) is 10.5. The number of ketones is 1. The molecule has 16 heavy (non-hydrogen) atoms. The lowest BCUT2D eigenvalue weighted by molar-refractivity contribution is -0.00436. The number of thiol groups is 1. The predicted molar refractivity (Wildman–Crippen MR) is 57.0 cm³/mol. The normalized spacial score (nSPS) is 13.8. The molecule has 1 aliphatic carbocycles. The molecular weight excluding hydrogens is 228 g/mol. The maximum absolute atomic E-state index is 11.7. The largest absolute Gasteiger partial charge is 0.362 e. The number of hydrogen-bond acceptors (Lipinski definition) is 3. The second-order valence-electron chi connectivity index (χ2n) is 3.14. The molecule has 0 spiro atoms. The number of benzene rings is 1. The van der Waals surface area contributed by atoms with Crippen LogP contribution in [0, 0.1) is 0 Å². The highest BCUT2D eigenvalue weighted by molar-refractivity contribution is 7.72. The Hall–Kier alpha value is -2.04. The van der Waals surface area contributed by atoms with Gasteiger partial charge in [-0.3, -0.25) is 4.79 Å². The van der Waals surface area contributed by atoms with Crippen LogP contribution in [-0.4, -0.2) is 24.7 Å². The van der Waals surface area contributed by atoms with Crippen molar-refractivity contribution in [3.63, 3.8) is 0 Å². The molecule has 1 aromatic rings. The molecule has 0 heterocycles. The van der Waals surface area contributed by atoms with Crippen molar-refractivity contribution in [1.29, 1.82) is 0 Å². The van der Waals surface area contributed by atoms with Gasteiger partial charge in [0.15, 0.2) is 10.7 Å². The Bertz CT molecular complexity index is 629. The number of Topliss-reactive ketones (excluding diaryl/α,β-unsaturated/α-hetero) is 1. The summed E-state index contributed by atoms with van der Waals surface area (Å²) in [5.41, 5.74) is 9.03. The number of allylic oxidation sites excluding steroid dienone is 1. The Morgan fingerprint density at radius 1 is 1.19 bits per heavy atom. The van der Waals surface area contributed by atoms with E-state index in [0.29, 0.717) is 5.56 Å². The zero-order valence-corrected chi connectivity index (χ0v) is 8.85. The van der Waals surface area contributed by atoms with E-state index in [4.69, 9.17) is 5.53 Å². The zero-order valence-electron chi connectivity index (χ0n) is 7.95. The second-order valence-corrected chi connectivity index (χ2v) is 4.14. The minimum atomic E-state index is -2.75. The molecule has 0 aromatic heterocycles. The first-order chi connectivity index (χ1) is 7.65. The summed E-state index contributed by atoms with van der Waals surface area (Å²) in [6.07, 6.45) is 2.74. The lowest BCUT2D eigenvalue weighted by atomic mass is 9.95. The van der Waals surface area contributed by atoms with E-state index < -0.39 is 16.5 Å². The predicted octanol–water partition coefficient (Wildman–Crippen LogP) is 0.537. The summed E-state index contributed by atoms with van der Waals surface area (Å²) in [5, 5.41) is 0. The molecule has 0 unspecified atom stereocenters. The van der Waals surface area contributed by atoms with Crippen molar-refractivity contribution in [3.8, 4) is 0 Å². The van der Waals surface area contributed by atoms with Gasteiger partial charge in [-0.25, -0.2) is 8.42 Å². The van der Waals surface area contributed by atoms with E-state index in [2.05, 4.69) is 4.79 Å². The minimum absolute atomic E-state index is 0.0917. The molecule has 0 N–H and O–H groups in total. The maximum atomic E-state index is 11.7. The third kappa shape index (κ3) is 1.50. The Morgan fingerprint density at radius 2 is 1.94 bits per heavy atom. The van der Waals surface area contributed by atoms with E-state index in [1.54, 1.807) is 0 Å². The Kier molecular flexibility index (Phi) is 2.52. The fraction of sp³-hybridized carbons (Fsp3) is 0. The zero-order chi connectivity index (χ0) is 11.7. The summed E-state index contributed by atoms with van der Waals surface area (Å²) in [6.45, 7) is 0. The number of nitrogens with zero attached hydrogens (tertiary/aromatic N) is 2. The molecular formula is C10H6N2O3S. The molecule has 0 bridgehead atoms. The second kappa shape index (κ2) is 3.84. The van der Waals surface area contributed by atoms with Gasteiger partial charge in [0.25, 0.3) is 5.78 Å². The number of carbonyl (C=O) groups is 1. The standard InChI is InChI=1S/C10H6N2O3S/c11-12-8-5-4-6-7(10(8)13)2-1-3-9(6)16(14)15/h1-5,16H. The average Bonchev–Trinajstić information content (AvgIpc) is 2.29. The van der Waals surface area contributed by atoms with Crippen molar-refractivity contribution < 1.29 is 18.0 Å². The van der Waals surface area contributed by atoms with Crippen LogP contribution in [0.5, 0.6) is 0 Å². The smallest absolute Gasteiger partial charge is 0.361 e. The number of hydrogen-bond donors (Lipinski definition) is 1. The lowest BCUT2D eigenvalue weighted by Crippen LogP contribution is -2.18. The SMILES string of the molecule is [N-]=[N+]=C1C=Cc2c(cccc2[SH](=O)=O)C1=O. The summed E-state index contributed by atoms with van der Waals surface area (Å²) in [6, 6.07) is 4.39. The molecule has 0 amide bonds. The van der Waals surface area contributed by atoms with Crippen LogP contribution in [0.4, 0.5) is 0 Å². The lowest BCUT2D eigenvalue weighted by Gasteiger charge is -2.07. The summed E-state index contributed by atoms with van der Waals surface area (Å²) in [7, 11) is -2.75.